The van der Waals surface area contributed by atoms with Crippen molar-refractivity contribution < 1.29 is 18.0 Å². The molecular weight excluding hydrogens is 456 g/mol. The van der Waals surface area contributed by atoms with Gasteiger partial charge in [-0.25, -0.2) is 13.4 Å². The van der Waals surface area contributed by atoms with E-state index in [1.54, 1.807) is 18.2 Å². The van der Waals surface area contributed by atoms with Crippen molar-refractivity contribution in [3.63, 3.8) is 0 Å². The summed E-state index contributed by atoms with van der Waals surface area (Å²) in [7, 11) is -3.32. The minimum Gasteiger partial charge on any atom is -0.351 e. The number of carbonyl (C=O) groups excluding carboxylic acids is 2. The molecule has 11 heteroatoms. The Kier molecular flexibility index (Phi) is 5.82. The van der Waals surface area contributed by atoms with Crippen LogP contribution in [-0.4, -0.2) is 38.0 Å². The first-order chi connectivity index (χ1) is 14.7. The van der Waals surface area contributed by atoms with Gasteiger partial charge in [-0.05, 0) is 42.3 Å². The number of benzene rings is 1. The van der Waals surface area contributed by atoms with Crippen LogP contribution in [0.15, 0.2) is 35.7 Å². The number of aromatic nitrogens is 1. The number of nitrogens with zero attached hydrogens (tertiary/aromatic N) is 2. The van der Waals surface area contributed by atoms with Gasteiger partial charge in [-0.3, -0.25) is 19.2 Å². The number of fused-ring (bicyclic) bond motifs is 1. The molecule has 0 radical (unpaired) electrons. The Bertz CT molecular complexity index is 1260. The average molecular weight is 477 g/mol. The number of rotatable bonds is 6. The van der Waals surface area contributed by atoms with Crippen molar-refractivity contribution in [1.29, 1.82) is 0 Å². The van der Waals surface area contributed by atoms with Crippen LogP contribution in [0.3, 0.4) is 0 Å². The van der Waals surface area contributed by atoms with E-state index in [1.807, 2.05) is 17.5 Å². The van der Waals surface area contributed by atoms with Gasteiger partial charge in [0.15, 0.2) is 5.13 Å². The third kappa shape index (κ3) is 4.78. The second-order valence-corrected chi connectivity index (χ2v) is 11.0. The molecule has 8 nitrogen and oxygen atoms in total. The molecule has 2 amide bonds. The van der Waals surface area contributed by atoms with Crippen molar-refractivity contribution in [3.05, 3.63) is 51.7 Å². The second-order valence-electron chi connectivity index (χ2n) is 7.10. The maximum atomic E-state index is 12.7. The minimum atomic E-state index is -3.32. The fraction of sp³-hybridized carbons (Fsp3) is 0.250. The molecule has 0 atom stereocenters. The Hall–Kier alpha value is -2.76. The zero-order chi connectivity index (χ0) is 22.2. The molecule has 31 heavy (non-hydrogen) atoms. The zero-order valence-corrected chi connectivity index (χ0v) is 19.3. The van der Waals surface area contributed by atoms with E-state index in [2.05, 4.69) is 15.6 Å². The summed E-state index contributed by atoms with van der Waals surface area (Å²) in [5, 5.41) is 7.93. The van der Waals surface area contributed by atoms with Crippen LogP contribution in [0.2, 0.25) is 0 Å². The molecule has 3 aromatic rings. The fourth-order valence-corrected chi connectivity index (χ4v) is 5.94. The standard InChI is InChI=1S/C20H20N4O4S3/c1-12(25)21-10-15-4-6-18(30-15)16-11-29-20(22-16)23-19(26)14-3-5-17-13(9-14)7-8-24(17)31(2,27)28/h3-6,9,11H,7-8,10H2,1-2H3,(H,21,25)(H,22,23,26). The molecule has 3 heterocycles. The number of thiazole rings is 1. The smallest absolute Gasteiger partial charge is 0.257 e. The Morgan fingerprint density at radius 2 is 2.03 bits per heavy atom. The van der Waals surface area contributed by atoms with Crippen molar-refractivity contribution in [2.24, 2.45) is 0 Å². The third-order valence-electron chi connectivity index (χ3n) is 4.75. The first-order valence-electron chi connectivity index (χ1n) is 9.42. The molecule has 1 aliphatic heterocycles. The Labute approximate surface area is 188 Å². The molecule has 0 saturated heterocycles. The van der Waals surface area contributed by atoms with Crippen molar-refractivity contribution in [3.8, 4) is 10.6 Å². The van der Waals surface area contributed by atoms with E-state index in [0.29, 0.717) is 35.9 Å². The number of sulfonamides is 1. The predicted octanol–water partition coefficient (Wildman–Crippen LogP) is 3.08. The third-order valence-corrected chi connectivity index (χ3v) is 7.79. The van der Waals surface area contributed by atoms with Crippen LogP contribution in [0.1, 0.15) is 27.7 Å². The summed E-state index contributed by atoms with van der Waals surface area (Å²) in [6, 6.07) is 8.92. The molecule has 0 fully saturated rings. The summed E-state index contributed by atoms with van der Waals surface area (Å²) < 4.78 is 25.1. The summed E-state index contributed by atoms with van der Waals surface area (Å²) in [5.41, 5.74) is 2.68. The van der Waals surface area contributed by atoms with Gasteiger partial charge in [0, 0.05) is 29.3 Å². The number of anilines is 2. The van der Waals surface area contributed by atoms with E-state index >= 15 is 0 Å². The Morgan fingerprint density at radius 3 is 2.77 bits per heavy atom. The number of hydrogen-bond acceptors (Lipinski definition) is 7. The first-order valence-corrected chi connectivity index (χ1v) is 13.0. The summed E-state index contributed by atoms with van der Waals surface area (Å²) >= 11 is 2.87. The van der Waals surface area contributed by atoms with Gasteiger partial charge in [0.25, 0.3) is 5.91 Å². The Morgan fingerprint density at radius 1 is 1.23 bits per heavy atom. The molecule has 2 aromatic heterocycles. The molecule has 0 aliphatic carbocycles. The molecular formula is C20H20N4O4S3. The van der Waals surface area contributed by atoms with Gasteiger partial charge >= 0.3 is 0 Å². The largest absolute Gasteiger partial charge is 0.351 e. The molecule has 1 aliphatic rings. The molecule has 0 saturated carbocycles. The normalized spacial score (nSPS) is 13.2. The summed E-state index contributed by atoms with van der Waals surface area (Å²) in [6.07, 6.45) is 1.75. The van der Waals surface area contributed by atoms with Crippen LogP contribution in [0.4, 0.5) is 10.8 Å². The van der Waals surface area contributed by atoms with Crippen LogP contribution in [0.5, 0.6) is 0 Å². The maximum absolute atomic E-state index is 12.7. The van der Waals surface area contributed by atoms with E-state index in [0.717, 1.165) is 21.0 Å². The van der Waals surface area contributed by atoms with E-state index in [1.165, 1.54) is 40.2 Å². The molecule has 0 unspecified atom stereocenters. The summed E-state index contributed by atoms with van der Waals surface area (Å²) in [4.78, 5) is 30.2. The van der Waals surface area contributed by atoms with Gasteiger partial charge in [0.05, 0.1) is 29.1 Å². The number of amides is 2. The highest BCUT2D eigenvalue weighted by Crippen LogP contribution is 2.32. The zero-order valence-electron chi connectivity index (χ0n) is 16.8. The number of thiophene rings is 1. The van der Waals surface area contributed by atoms with Gasteiger partial charge in [-0.1, -0.05) is 0 Å². The van der Waals surface area contributed by atoms with E-state index < -0.39 is 10.0 Å². The lowest BCUT2D eigenvalue weighted by molar-refractivity contribution is -0.119. The lowest BCUT2D eigenvalue weighted by Gasteiger charge is -2.16. The SMILES string of the molecule is CC(=O)NCc1ccc(-c2csc(NC(=O)c3ccc4c(c3)CCN4S(C)(=O)=O)n2)s1. The van der Waals surface area contributed by atoms with Gasteiger partial charge in [0.2, 0.25) is 15.9 Å². The van der Waals surface area contributed by atoms with Gasteiger partial charge < -0.3 is 5.32 Å². The highest BCUT2D eigenvalue weighted by Gasteiger charge is 2.26. The molecule has 162 valence electrons. The first kappa shape index (κ1) is 21.5. The maximum Gasteiger partial charge on any atom is 0.257 e. The highest BCUT2D eigenvalue weighted by atomic mass is 32.2. The van der Waals surface area contributed by atoms with E-state index in [9.17, 15) is 18.0 Å². The van der Waals surface area contributed by atoms with Crippen LogP contribution < -0.4 is 14.9 Å². The molecule has 4 rings (SSSR count). The average Bonchev–Trinajstić information content (AvgIpc) is 3.44. The van der Waals surface area contributed by atoms with Crippen LogP contribution in [0.25, 0.3) is 10.6 Å². The van der Waals surface area contributed by atoms with Crippen molar-refractivity contribution in [1.82, 2.24) is 10.3 Å². The lowest BCUT2D eigenvalue weighted by Crippen LogP contribution is -2.27. The van der Waals surface area contributed by atoms with Crippen LogP contribution in [0, 0.1) is 0 Å². The van der Waals surface area contributed by atoms with Crippen molar-refractivity contribution in [2.45, 2.75) is 19.9 Å². The van der Waals surface area contributed by atoms with E-state index in [-0.39, 0.29) is 11.8 Å². The lowest BCUT2D eigenvalue weighted by atomic mass is 10.1. The molecule has 0 bridgehead atoms. The molecule has 2 N–H and O–H groups in total. The van der Waals surface area contributed by atoms with Crippen LogP contribution in [-0.2, 0) is 27.8 Å². The van der Waals surface area contributed by atoms with Gasteiger partial charge in [-0.2, -0.15) is 0 Å². The van der Waals surface area contributed by atoms with E-state index in [4.69, 9.17) is 0 Å². The highest BCUT2D eigenvalue weighted by molar-refractivity contribution is 7.92. The fourth-order valence-electron chi connectivity index (χ4n) is 3.29. The number of nitrogens with one attached hydrogen (secondary N) is 2. The predicted molar refractivity (Wildman–Crippen MR) is 123 cm³/mol. The number of hydrogen-bond donors (Lipinski definition) is 2. The van der Waals surface area contributed by atoms with Crippen LogP contribution >= 0.6 is 22.7 Å². The van der Waals surface area contributed by atoms with Gasteiger partial charge in [0.1, 0.15) is 0 Å². The van der Waals surface area contributed by atoms with Crippen molar-refractivity contribution in [2.75, 3.05) is 22.4 Å². The number of carbonyl (C=O) groups is 2. The summed E-state index contributed by atoms with van der Waals surface area (Å²) in [6.45, 7) is 2.34. The molecule has 1 aromatic carbocycles. The monoisotopic (exact) mass is 476 g/mol. The molecule has 0 spiro atoms. The Balaban J connectivity index is 1.45. The quantitative estimate of drug-likeness (QED) is 0.568. The summed E-state index contributed by atoms with van der Waals surface area (Å²) in [5.74, 6) is -0.372. The second kappa shape index (κ2) is 8.40. The van der Waals surface area contributed by atoms with Gasteiger partial charge in [-0.15, -0.1) is 22.7 Å². The topological polar surface area (TPSA) is 108 Å². The minimum absolute atomic E-state index is 0.0795. The van der Waals surface area contributed by atoms with Crippen molar-refractivity contribution >= 4 is 55.3 Å².